The van der Waals surface area contributed by atoms with Crippen LogP contribution in [0.4, 0.5) is 5.13 Å². The molecule has 3 aromatic rings. The van der Waals surface area contributed by atoms with Crippen LogP contribution in [0, 0.1) is 0 Å². The van der Waals surface area contributed by atoms with Crippen LogP contribution in [0.15, 0.2) is 42.5 Å². The Bertz CT molecular complexity index is 1110. The summed E-state index contributed by atoms with van der Waals surface area (Å²) in [4.78, 5) is 42.9. The van der Waals surface area contributed by atoms with Gasteiger partial charge in [-0.05, 0) is 55.6 Å². The Balaban J connectivity index is 1.64. The van der Waals surface area contributed by atoms with Crippen molar-refractivity contribution in [1.29, 1.82) is 0 Å². The Morgan fingerprint density at radius 3 is 2.28 bits per heavy atom. The molecule has 0 bridgehead atoms. The molecule has 1 amide bonds. The molecule has 0 saturated carbocycles. The molecule has 1 N–H and O–H groups in total. The van der Waals surface area contributed by atoms with Crippen LogP contribution >= 0.6 is 11.3 Å². The predicted octanol–water partition coefficient (Wildman–Crippen LogP) is 3.83. The van der Waals surface area contributed by atoms with E-state index in [0.717, 1.165) is 17.8 Å². The standard InChI is InChI=1S/C23H25N3O5S/c1-4-26(5-2)12-13-31-22(29)17-10-11-18-19(14-17)32-23(24-18)25-20(27)15-6-8-16(9-7-15)21(28)30-3/h6-11,14H,4-5,12-13H2,1-3H3,(H,24,25,27). The van der Waals surface area contributed by atoms with Gasteiger partial charge in [0, 0.05) is 12.1 Å². The molecule has 1 aromatic heterocycles. The molecule has 9 heteroatoms. The van der Waals surface area contributed by atoms with Crippen LogP contribution in [-0.2, 0) is 9.47 Å². The number of amides is 1. The van der Waals surface area contributed by atoms with E-state index < -0.39 is 5.97 Å². The van der Waals surface area contributed by atoms with E-state index >= 15 is 0 Å². The fraction of sp³-hybridized carbons (Fsp3) is 0.304. The summed E-state index contributed by atoms with van der Waals surface area (Å²) in [6, 6.07) is 11.2. The Kier molecular flexibility index (Phi) is 7.91. The van der Waals surface area contributed by atoms with Crippen LogP contribution < -0.4 is 5.32 Å². The summed E-state index contributed by atoms with van der Waals surface area (Å²) in [5.74, 6) is -1.20. The van der Waals surface area contributed by atoms with Crippen molar-refractivity contribution in [2.75, 3.05) is 38.7 Å². The van der Waals surface area contributed by atoms with E-state index in [1.807, 2.05) is 0 Å². The summed E-state index contributed by atoms with van der Waals surface area (Å²) < 4.78 is 10.8. The zero-order valence-corrected chi connectivity index (χ0v) is 19.0. The largest absolute Gasteiger partial charge is 0.465 e. The van der Waals surface area contributed by atoms with Gasteiger partial charge in [-0.25, -0.2) is 14.6 Å². The van der Waals surface area contributed by atoms with Gasteiger partial charge in [-0.15, -0.1) is 0 Å². The van der Waals surface area contributed by atoms with Gasteiger partial charge in [-0.2, -0.15) is 0 Å². The first-order chi connectivity index (χ1) is 15.4. The zero-order valence-electron chi connectivity index (χ0n) is 18.2. The number of carbonyl (C=O) groups is 3. The summed E-state index contributed by atoms with van der Waals surface area (Å²) in [6.45, 7) is 6.97. The Hall–Kier alpha value is -3.30. The average Bonchev–Trinajstić information content (AvgIpc) is 3.22. The number of anilines is 1. The highest BCUT2D eigenvalue weighted by atomic mass is 32.1. The van der Waals surface area contributed by atoms with Gasteiger partial charge in [0.05, 0.1) is 28.5 Å². The van der Waals surface area contributed by atoms with E-state index in [4.69, 9.17) is 4.74 Å². The second-order valence-electron chi connectivity index (χ2n) is 6.89. The maximum atomic E-state index is 12.5. The van der Waals surface area contributed by atoms with E-state index in [1.54, 1.807) is 30.3 Å². The third-order valence-electron chi connectivity index (χ3n) is 4.95. The van der Waals surface area contributed by atoms with Crippen LogP contribution in [0.5, 0.6) is 0 Å². The van der Waals surface area contributed by atoms with Gasteiger partial charge in [0.2, 0.25) is 0 Å². The summed E-state index contributed by atoms with van der Waals surface area (Å²) >= 11 is 1.27. The maximum absolute atomic E-state index is 12.5. The highest BCUT2D eigenvalue weighted by molar-refractivity contribution is 7.22. The number of hydrogen-bond acceptors (Lipinski definition) is 8. The number of ether oxygens (including phenoxy) is 2. The van der Waals surface area contributed by atoms with Crippen molar-refractivity contribution in [2.24, 2.45) is 0 Å². The number of nitrogens with zero attached hydrogens (tertiary/aromatic N) is 2. The lowest BCUT2D eigenvalue weighted by Gasteiger charge is -2.17. The molecule has 0 aliphatic heterocycles. The molecule has 8 nitrogen and oxygen atoms in total. The first-order valence-electron chi connectivity index (χ1n) is 10.2. The number of nitrogens with one attached hydrogen (secondary N) is 1. The van der Waals surface area contributed by atoms with Gasteiger partial charge in [0.15, 0.2) is 5.13 Å². The fourth-order valence-corrected chi connectivity index (χ4v) is 3.94. The summed E-state index contributed by atoms with van der Waals surface area (Å²) in [5, 5.41) is 3.16. The molecule has 0 saturated heterocycles. The zero-order chi connectivity index (χ0) is 23.1. The van der Waals surface area contributed by atoms with Gasteiger partial charge >= 0.3 is 11.9 Å². The van der Waals surface area contributed by atoms with E-state index in [2.05, 4.69) is 33.8 Å². The molecular formula is C23H25N3O5S. The second kappa shape index (κ2) is 10.8. The van der Waals surface area contributed by atoms with Crippen molar-refractivity contribution in [1.82, 2.24) is 9.88 Å². The minimum absolute atomic E-state index is 0.331. The molecule has 0 radical (unpaired) electrons. The van der Waals surface area contributed by atoms with Crippen LogP contribution in [0.25, 0.3) is 10.2 Å². The lowest BCUT2D eigenvalue weighted by molar-refractivity contribution is 0.0466. The Morgan fingerprint density at radius 2 is 1.62 bits per heavy atom. The van der Waals surface area contributed by atoms with E-state index in [9.17, 15) is 14.4 Å². The minimum Gasteiger partial charge on any atom is -0.465 e. The molecule has 3 rings (SSSR count). The lowest BCUT2D eigenvalue weighted by Crippen LogP contribution is -2.27. The third-order valence-corrected chi connectivity index (χ3v) is 5.88. The lowest BCUT2D eigenvalue weighted by atomic mass is 10.1. The average molecular weight is 456 g/mol. The SMILES string of the molecule is CCN(CC)CCOC(=O)c1ccc2nc(NC(=O)c3ccc(C(=O)OC)cc3)sc2c1. The van der Waals surface area contributed by atoms with Crippen LogP contribution in [0.2, 0.25) is 0 Å². The van der Waals surface area contributed by atoms with Crippen molar-refractivity contribution >= 4 is 44.5 Å². The molecule has 0 aliphatic carbocycles. The van der Waals surface area contributed by atoms with Gasteiger partial charge in [0.1, 0.15) is 6.61 Å². The van der Waals surface area contributed by atoms with Crippen molar-refractivity contribution in [2.45, 2.75) is 13.8 Å². The highest BCUT2D eigenvalue weighted by Crippen LogP contribution is 2.27. The quantitative estimate of drug-likeness (QED) is 0.490. The smallest absolute Gasteiger partial charge is 0.338 e. The summed E-state index contributed by atoms with van der Waals surface area (Å²) in [7, 11) is 1.30. The maximum Gasteiger partial charge on any atom is 0.338 e. The normalized spacial score (nSPS) is 10.9. The molecule has 32 heavy (non-hydrogen) atoms. The first-order valence-corrected chi connectivity index (χ1v) is 11.1. The molecule has 0 unspecified atom stereocenters. The topological polar surface area (TPSA) is 97.8 Å². The number of carbonyl (C=O) groups excluding carboxylic acids is 3. The molecule has 2 aromatic carbocycles. The first kappa shape index (κ1) is 23.4. The molecule has 0 spiro atoms. The monoisotopic (exact) mass is 455 g/mol. The third kappa shape index (κ3) is 5.68. The number of esters is 2. The number of fused-ring (bicyclic) bond motifs is 1. The fourth-order valence-electron chi connectivity index (χ4n) is 3.04. The van der Waals surface area contributed by atoms with Crippen LogP contribution in [-0.4, -0.2) is 61.1 Å². The number of methoxy groups -OCH3 is 1. The van der Waals surface area contributed by atoms with Gasteiger partial charge < -0.3 is 14.4 Å². The number of likely N-dealkylation sites (N-methyl/N-ethyl adjacent to an activating group) is 1. The predicted molar refractivity (Wildman–Crippen MR) is 123 cm³/mol. The number of thiazole rings is 1. The van der Waals surface area contributed by atoms with E-state index in [1.165, 1.54) is 30.6 Å². The number of benzene rings is 2. The molecule has 0 aliphatic rings. The Labute approximate surface area is 190 Å². The van der Waals surface area contributed by atoms with Gasteiger partial charge in [-0.1, -0.05) is 25.2 Å². The molecular weight excluding hydrogens is 430 g/mol. The van der Waals surface area contributed by atoms with Crippen molar-refractivity contribution in [3.63, 3.8) is 0 Å². The van der Waals surface area contributed by atoms with Crippen LogP contribution in [0.1, 0.15) is 44.9 Å². The van der Waals surface area contributed by atoms with E-state index in [0.29, 0.717) is 40.5 Å². The van der Waals surface area contributed by atoms with Crippen molar-refractivity contribution in [3.05, 3.63) is 59.2 Å². The molecule has 0 fully saturated rings. The summed E-state index contributed by atoms with van der Waals surface area (Å²) in [6.07, 6.45) is 0. The van der Waals surface area contributed by atoms with Crippen molar-refractivity contribution in [3.8, 4) is 0 Å². The molecule has 0 atom stereocenters. The number of rotatable bonds is 9. The summed E-state index contributed by atoms with van der Waals surface area (Å²) in [5.41, 5.74) is 1.86. The minimum atomic E-state index is -0.467. The number of hydrogen-bond donors (Lipinski definition) is 1. The second-order valence-corrected chi connectivity index (χ2v) is 7.92. The molecule has 168 valence electrons. The highest BCUT2D eigenvalue weighted by Gasteiger charge is 2.14. The Morgan fingerprint density at radius 1 is 0.969 bits per heavy atom. The van der Waals surface area contributed by atoms with Gasteiger partial charge in [-0.3, -0.25) is 10.1 Å². The van der Waals surface area contributed by atoms with Gasteiger partial charge in [0.25, 0.3) is 5.91 Å². The molecule has 1 heterocycles. The number of aromatic nitrogens is 1. The van der Waals surface area contributed by atoms with E-state index in [-0.39, 0.29) is 11.9 Å². The van der Waals surface area contributed by atoms with Crippen molar-refractivity contribution < 1.29 is 23.9 Å². The van der Waals surface area contributed by atoms with Crippen LogP contribution in [0.3, 0.4) is 0 Å².